The van der Waals surface area contributed by atoms with Crippen LogP contribution < -0.4 is 5.56 Å². The lowest BCUT2D eigenvalue weighted by molar-refractivity contribution is -0.141. The lowest BCUT2D eigenvalue weighted by Gasteiger charge is -2.47. The molecule has 3 aliphatic rings. The standard InChI is InChI=1S/C21H29N3O4/c1-22-13-16(4-5-18(22)25)20(27)23-10-8-21(9-11-23)7-6-19(26)24(15-21)14-17-3-2-12-28-17/h4-5,13,17H,2-3,6-12,14-15H2,1H3. The van der Waals surface area contributed by atoms with Crippen LogP contribution in [0.15, 0.2) is 23.1 Å². The molecule has 3 saturated heterocycles. The van der Waals surface area contributed by atoms with Crippen molar-refractivity contribution in [2.75, 3.05) is 32.8 Å². The first-order chi connectivity index (χ1) is 13.5. The van der Waals surface area contributed by atoms with Gasteiger partial charge in [0.1, 0.15) is 0 Å². The van der Waals surface area contributed by atoms with E-state index < -0.39 is 0 Å². The highest BCUT2D eigenvalue weighted by Gasteiger charge is 2.42. The zero-order valence-corrected chi connectivity index (χ0v) is 16.6. The summed E-state index contributed by atoms with van der Waals surface area (Å²) in [6.07, 6.45) is 7.26. The number of ether oxygens (including phenoxy) is 1. The summed E-state index contributed by atoms with van der Waals surface area (Å²) in [7, 11) is 1.66. The molecule has 7 heteroatoms. The van der Waals surface area contributed by atoms with Gasteiger partial charge in [-0.2, -0.15) is 0 Å². The fourth-order valence-electron chi connectivity index (χ4n) is 4.80. The molecule has 4 heterocycles. The van der Waals surface area contributed by atoms with Gasteiger partial charge in [-0.25, -0.2) is 0 Å². The van der Waals surface area contributed by atoms with Crippen LogP contribution in [0.5, 0.6) is 0 Å². The first-order valence-electron chi connectivity index (χ1n) is 10.3. The van der Waals surface area contributed by atoms with Crippen molar-refractivity contribution in [2.45, 2.75) is 44.6 Å². The molecule has 4 rings (SSSR count). The van der Waals surface area contributed by atoms with E-state index in [1.54, 1.807) is 19.3 Å². The average Bonchev–Trinajstić information content (AvgIpc) is 3.20. The zero-order chi connectivity index (χ0) is 19.7. The highest BCUT2D eigenvalue weighted by atomic mass is 16.5. The summed E-state index contributed by atoms with van der Waals surface area (Å²) < 4.78 is 7.16. The molecular weight excluding hydrogens is 358 g/mol. The van der Waals surface area contributed by atoms with E-state index in [4.69, 9.17) is 4.74 Å². The van der Waals surface area contributed by atoms with Gasteiger partial charge in [0.25, 0.3) is 5.91 Å². The fraction of sp³-hybridized carbons (Fsp3) is 0.667. The fourth-order valence-corrected chi connectivity index (χ4v) is 4.80. The van der Waals surface area contributed by atoms with Gasteiger partial charge in [0.05, 0.1) is 11.7 Å². The third-order valence-electron chi connectivity index (χ3n) is 6.64. The average molecular weight is 387 g/mol. The summed E-state index contributed by atoms with van der Waals surface area (Å²) in [5, 5.41) is 0. The molecule has 7 nitrogen and oxygen atoms in total. The number of pyridine rings is 1. The molecule has 3 fully saturated rings. The largest absolute Gasteiger partial charge is 0.376 e. The second-order valence-electron chi connectivity index (χ2n) is 8.57. The van der Waals surface area contributed by atoms with Crippen LogP contribution in [0.4, 0.5) is 0 Å². The van der Waals surface area contributed by atoms with Crippen LogP contribution in [-0.2, 0) is 16.6 Å². The van der Waals surface area contributed by atoms with E-state index in [1.807, 2.05) is 9.80 Å². The maximum Gasteiger partial charge on any atom is 0.255 e. The minimum atomic E-state index is -0.118. The Balaban J connectivity index is 1.38. The number of aromatic nitrogens is 1. The van der Waals surface area contributed by atoms with Crippen molar-refractivity contribution in [3.8, 4) is 0 Å². The molecule has 3 aliphatic heterocycles. The molecule has 0 saturated carbocycles. The van der Waals surface area contributed by atoms with Gasteiger partial charge in [-0.1, -0.05) is 0 Å². The van der Waals surface area contributed by atoms with Gasteiger partial charge in [0.15, 0.2) is 0 Å². The molecule has 2 amide bonds. The van der Waals surface area contributed by atoms with Crippen molar-refractivity contribution in [3.05, 3.63) is 34.2 Å². The Kier molecular flexibility index (Phi) is 5.27. The van der Waals surface area contributed by atoms with E-state index in [-0.39, 0.29) is 28.9 Å². The molecule has 0 aromatic carbocycles. The summed E-state index contributed by atoms with van der Waals surface area (Å²) in [6, 6.07) is 3.05. The Hall–Kier alpha value is -2.15. The first kappa shape index (κ1) is 19.2. The number of hydrogen-bond donors (Lipinski definition) is 0. The molecule has 0 aliphatic carbocycles. The van der Waals surface area contributed by atoms with Crippen molar-refractivity contribution in [3.63, 3.8) is 0 Å². The van der Waals surface area contributed by atoms with Gasteiger partial charge in [-0.05, 0) is 43.6 Å². The van der Waals surface area contributed by atoms with Crippen LogP contribution in [0.3, 0.4) is 0 Å². The van der Waals surface area contributed by atoms with Crippen LogP contribution in [0.1, 0.15) is 48.9 Å². The van der Waals surface area contributed by atoms with E-state index in [2.05, 4.69) is 0 Å². The monoisotopic (exact) mass is 387 g/mol. The number of piperidine rings is 2. The number of nitrogens with zero attached hydrogens (tertiary/aromatic N) is 3. The minimum Gasteiger partial charge on any atom is -0.376 e. The number of aryl methyl sites for hydroxylation is 1. The van der Waals surface area contributed by atoms with E-state index >= 15 is 0 Å². The number of hydrogen-bond acceptors (Lipinski definition) is 4. The van der Waals surface area contributed by atoms with E-state index in [9.17, 15) is 14.4 Å². The maximum atomic E-state index is 12.8. The van der Waals surface area contributed by atoms with Crippen LogP contribution in [0.25, 0.3) is 0 Å². The van der Waals surface area contributed by atoms with Gasteiger partial charge in [-0.15, -0.1) is 0 Å². The van der Waals surface area contributed by atoms with Crippen LogP contribution >= 0.6 is 0 Å². The van der Waals surface area contributed by atoms with Crippen LogP contribution in [0.2, 0.25) is 0 Å². The predicted molar refractivity (Wildman–Crippen MR) is 104 cm³/mol. The van der Waals surface area contributed by atoms with Gasteiger partial charge < -0.3 is 19.1 Å². The van der Waals surface area contributed by atoms with Crippen molar-refractivity contribution in [2.24, 2.45) is 12.5 Å². The summed E-state index contributed by atoms with van der Waals surface area (Å²) in [5.41, 5.74) is 0.552. The van der Waals surface area contributed by atoms with Crippen molar-refractivity contribution in [1.29, 1.82) is 0 Å². The lowest BCUT2D eigenvalue weighted by atomic mass is 9.72. The van der Waals surface area contributed by atoms with Crippen LogP contribution in [0, 0.1) is 5.41 Å². The molecule has 1 spiro atoms. The first-order valence-corrected chi connectivity index (χ1v) is 10.3. The molecule has 0 N–H and O–H groups in total. The van der Waals surface area contributed by atoms with Gasteiger partial charge in [-0.3, -0.25) is 14.4 Å². The minimum absolute atomic E-state index is 0.0199. The van der Waals surface area contributed by atoms with E-state index in [0.717, 1.165) is 45.3 Å². The summed E-state index contributed by atoms with van der Waals surface area (Å²) in [6.45, 7) is 3.70. The molecule has 1 aromatic heterocycles. The van der Waals surface area contributed by atoms with Gasteiger partial charge >= 0.3 is 0 Å². The molecule has 1 unspecified atom stereocenters. The molecule has 0 bridgehead atoms. The quantitative estimate of drug-likeness (QED) is 0.786. The summed E-state index contributed by atoms with van der Waals surface area (Å²) >= 11 is 0. The Morgan fingerprint density at radius 1 is 1.21 bits per heavy atom. The highest BCUT2D eigenvalue weighted by molar-refractivity contribution is 5.94. The third kappa shape index (κ3) is 3.85. The lowest BCUT2D eigenvalue weighted by Crippen LogP contribution is -2.53. The molecule has 0 radical (unpaired) electrons. The Labute approximate surface area is 165 Å². The Morgan fingerprint density at radius 2 is 2.00 bits per heavy atom. The third-order valence-corrected chi connectivity index (χ3v) is 6.64. The molecule has 1 atom stereocenters. The second-order valence-corrected chi connectivity index (χ2v) is 8.57. The number of carbonyl (C=O) groups excluding carboxylic acids is 2. The van der Waals surface area contributed by atoms with Crippen LogP contribution in [-0.4, -0.2) is 65.1 Å². The normalized spacial score (nSPS) is 24.8. The second kappa shape index (κ2) is 7.70. The summed E-state index contributed by atoms with van der Waals surface area (Å²) in [4.78, 5) is 40.6. The van der Waals surface area contributed by atoms with Crippen molar-refractivity contribution >= 4 is 11.8 Å². The van der Waals surface area contributed by atoms with E-state index in [1.165, 1.54) is 10.6 Å². The molecule has 1 aromatic rings. The predicted octanol–water partition coefficient (Wildman–Crippen LogP) is 1.41. The van der Waals surface area contributed by atoms with E-state index in [0.29, 0.717) is 31.6 Å². The Bertz CT molecular complexity index is 804. The van der Waals surface area contributed by atoms with Crippen molar-refractivity contribution in [1.82, 2.24) is 14.4 Å². The summed E-state index contributed by atoms with van der Waals surface area (Å²) in [5.74, 6) is 0.221. The van der Waals surface area contributed by atoms with Crippen molar-refractivity contribution < 1.29 is 14.3 Å². The number of rotatable bonds is 3. The number of carbonyl (C=O) groups is 2. The molecule has 28 heavy (non-hydrogen) atoms. The molecular formula is C21H29N3O4. The number of amides is 2. The number of likely N-dealkylation sites (tertiary alicyclic amines) is 2. The highest BCUT2D eigenvalue weighted by Crippen LogP contribution is 2.40. The topological polar surface area (TPSA) is 71.8 Å². The Morgan fingerprint density at radius 3 is 2.68 bits per heavy atom. The molecule has 152 valence electrons. The van der Waals surface area contributed by atoms with Gasteiger partial charge in [0, 0.05) is 58.5 Å². The van der Waals surface area contributed by atoms with Gasteiger partial charge in [0.2, 0.25) is 11.5 Å². The zero-order valence-electron chi connectivity index (χ0n) is 16.6. The SMILES string of the molecule is Cn1cc(C(=O)N2CCC3(CCC(=O)N(CC4CCCO4)C3)CC2)ccc1=O. The maximum absolute atomic E-state index is 12.8. The smallest absolute Gasteiger partial charge is 0.255 e.